The Bertz CT molecular complexity index is 1660. The van der Waals surface area contributed by atoms with Crippen molar-refractivity contribution in [2.24, 2.45) is 0 Å². The summed E-state index contributed by atoms with van der Waals surface area (Å²) in [7, 11) is -4.27. The normalized spacial score (nSPS) is 11.7. The Balaban J connectivity index is 1.42. The zero-order chi connectivity index (χ0) is 29.5. The summed E-state index contributed by atoms with van der Waals surface area (Å²) >= 11 is 0. The van der Waals surface area contributed by atoms with Crippen molar-refractivity contribution >= 4 is 33.6 Å². The van der Waals surface area contributed by atoms with E-state index in [0.29, 0.717) is 12.4 Å². The molecule has 0 aliphatic carbocycles. The molecule has 0 fully saturated rings. The number of para-hydroxylation sites is 1. The Labute approximate surface area is 240 Å². The van der Waals surface area contributed by atoms with Crippen LogP contribution in [0.1, 0.15) is 47.8 Å². The van der Waals surface area contributed by atoms with E-state index in [4.69, 9.17) is 4.74 Å². The average molecular weight is 569 g/mol. The number of hydrogen-bond donors (Lipinski definition) is 2. The molecular formula is C33H32N2O5S. The standard InChI is InChI=1S/C33H32N2O5S/c1-33(2,3)27-19-16-25(17-20-27)23-40-28-13-9-12-26(22-28)32(37)34-29-14-7-8-15-30(29)41(38,39)35-31(36)21-18-24-10-5-4-6-11-24/h4-22H,23H2,1-3H3,(H,34,37)(H,35,36). The van der Waals surface area contributed by atoms with Crippen molar-refractivity contribution in [3.63, 3.8) is 0 Å². The second-order valence-electron chi connectivity index (χ2n) is 10.4. The lowest BCUT2D eigenvalue weighted by Gasteiger charge is -2.19. The van der Waals surface area contributed by atoms with Gasteiger partial charge in [0, 0.05) is 11.6 Å². The molecular weight excluding hydrogens is 536 g/mol. The minimum atomic E-state index is -4.27. The van der Waals surface area contributed by atoms with Crippen LogP contribution >= 0.6 is 0 Å². The summed E-state index contributed by atoms with van der Waals surface area (Å²) in [6, 6.07) is 29.7. The van der Waals surface area contributed by atoms with Gasteiger partial charge in [-0.1, -0.05) is 93.6 Å². The number of ether oxygens (including phenoxy) is 1. The van der Waals surface area contributed by atoms with Gasteiger partial charge >= 0.3 is 0 Å². The number of hydrogen-bond acceptors (Lipinski definition) is 5. The predicted molar refractivity (Wildman–Crippen MR) is 161 cm³/mol. The molecule has 0 aliphatic heterocycles. The fourth-order valence-electron chi connectivity index (χ4n) is 3.95. The largest absolute Gasteiger partial charge is 0.489 e. The van der Waals surface area contributed by atoms with Gasteiger partial charge in [-0.25, -0.2) is 13.1 Å². The molecule has 0 saturated carbocycles. The molecule has 0 aromatic heterocycles. The lowest BCUT2D eigenvalue weighted by molar-refractivity contribution is -0.114. The highest BCUT2D eigenvalue weighted by Crippen LogP contribution is 2.24. The number of sulfonamides is 1. The number of benzene rings is 4. The van der Waals surface area contributed by atoms with E-state index >= 15 is 0 Å². The van der Waals surface area contributed by atoms with E-state index in [9.17, 15) is 18.0 Å². The number of nitrogens with one attached hydrogen (secondary N) is 2. The highest BCUT2D eigenvalue weighted by atomic mass is 32.2. The molecule has 41 heavy (non-hydrogen) atoms. The SMILES string of the molecule is CC(C)(C)c1ccc(COc2cccc(C(=O)Nc3ccccc3S(=O)(=O)NC(=O)C=Cc3ccccc3)c2)cc1. The fourth-order valence-corrected chi connectivity index (χ4v) is 5.06. The summed E-state index contributed by atoms with van der Waals surface area (Å²) in [6.07, 6.45) is 2.65. The van der Waals surface area contributed by atoms with Crippen molar-refractivity contribution in [2.75, 3.05) is 5.32 Å². The Morgan fingerprint density at radius 3 is 2.22 bits per heavy atom. The molecule has 8 heteroatoms. The molecule has 0 bridgehead atoms. The lowest BCUT2D eigenvalue weighted by Crippen LogP contribution is -2.30. The third-order valence-electron chi connectivity index (χ3n) is 6.21. The zero-order valence-corrected chi connectivity index (χ0v) is 23.9. The molecule has 0 heterocycles. The Morgan fingerprint density at radius 2 is 1.51 bits per heavy atom. The van der Waals surface area contributed by atoms with Crippen LogP contribution in [0.25, 0.3) is 6.08 Å². The molecule has 7 nitrogen and oxygen atoms in total. The van der Waals surface area contributed by atoms with Gasteiger partial charge in [-0.15, -0.1) is 0 Å². The van der Waals surface area contributed by atoms with Gasteiger partial charge < -0.3 is 10.1 Å². The maximum atomic E-state index is 13.1. The first-order chi connectivity index (χ1) is 19.5. The Morgan fingerprint density at radius 1 is 0.829 bits per heavy atom. The van der Waals surface area contributed by atoms with Crippen LogP contribution < -0.4 is 14.8 Å². The summed E-state index contributed by atoms with van der Waals surface area (Å²) in [4.78, 5) is 25.2. The van der Waals surface area contributed by atoms with Crippen LogP contribution in [0.15, 0.2) is 114 Å². The Hall–Kier alpha value is -4.69. The summed E-state index contributed by atoms with van der Waals surface area (Å²) in [6.45, 7) is 6.80. The van der Waals surface area contributed by atoms with Crippen molar-refractivity contribution in [3.05, 3.63) is 131 Å². The first kappa shape index (κ1) is 29.3. The van der Waals surface area contributed by atoms with Crippen molar-refractivity contribution in [1.82, 2.24) is 4.72 Å². The van der Waals surface area contributed by atoms with Crippen molar-refractivity contribution in [3.8, 4) is 5.75 Å². The highest BCUT2D eigenvalue weighted by Gasteiger charge is 2.22. The number of rotatable bonds is 9. The van der Waals surface area contributed by atoms with Gasteiger partial charge in [0.05, 0.1) is 5.69 Å². The zero-order valence-electron chi connectivity index (χ0n) is 23.1. The van der Waals surface area contributed by atoms with Crippen LogP contribution in [0, 0.1) is 0 Å². The highest BCUT2D eigenvalue weighted by molar-refractivity contribution is 7.90. The van der Waals surface area contributed by atoms with E-state index in [1.54, 1.807) is 54.6 Å². The summed E-state index contributed by atoms with van der Waals surface area (Å²) in [5.74, 6) is -0.841. The van der Waals surface area contributed by atoms with Crippen molar-refractivity contribution in [2.45, 2.75) is 37.7 Å². The third-order valence-corrected chi connectivity index (χ3v) is 7.61. The van der Waals surface area contributed by atoms with E-state index in [1.807, 2.05) is 22.9 Å². The van der Waals surface area contributed by atoms with Gasteiger partial charge in [0.15, 0.2) is 0 Å². The van der Waals surface area contributed by atoms with E-state index < -0.39 is 21.8 Å². The molecule has 0 saturated heterocycles. The van der Waals surface area contributed by atoms with Crippen molar-refractivity contribution in [1.29, 1.82) is 0 Å². The lowest BCUT2D eigenvalue weighted by atomic mass is 9.87. The minimum absolute atomic E-state index is 0.0371. The van der Waals surface area contributed by atoms with Gasteiger partial charge in [0.2, 0.25) is 0 Å². The second-order valence-corrected chi connectivity index (χ2v) is 12.1. The van der Waals surface area contributed by atoms with Crippen LogP contribution in [0.2, 0.25) is 0 Å². The van der Waals surface area contributed by atoms with Gasteiger partial charge in [-0.05, 0) is 58.5 Å². The molecule has 2 amide bonds. The van der Waals surface area contributed by atoms with Crippen LogP contribution in [-0.4, -0.2) is 20.2 Å². The molecule has 210 valence electrons. The van der Waals surface area contributed by atoms with Crippen LogP contribution in [0.4, 0.5) is 5.69 Å². The fraction of sp³-hybridized carbons (Fsp3) is 0.152. The first-order valence-corrected chi connectivity index (χ1v) is 14.5. The molecule has 0 radical (unpaired) electrons. The molecule has 4 aromatic rings. The molecule has 4 aromatic carbocycles. The van der Waals surface area contributed by atoms with Gasteiger partial charge in [0.1, 0.15) is 17.3 Å². The van der Waals surface area contributed by atoms with Crippen molar-refractivity contribution < 1.29 is 22.7 Å². The Kier molecular flexibility index (Phi) is 9.04. The quantitative estimate of drug-likeness (QED) is 0.230. The second kappa shape index (κ2) is 12.7. The number of anilines is 1. The van der Waals surface area contributed by atoms with E-state index in [1.165, 1.54) is 29.8 Å². The predicted octanol–water partition coefficient (Wildman–Crippen LogP) is 6.33. The number of carbonyl (C=O) groups is 2. The van der Waals surface area contributed by atoms with Gasteiger partial charge in [0.25, 0.3) is 21.8 Å². The summed E-state index contributed by atoms with van der Waals surface area (Å²) in [5.41, 5.74) is 3.35. The molecule has 4 rings (SSSR count). The van der Waals surface area contributed by atoms with E-state index in [2.05, 4.69) is 38.2 Å². The topological polar surface area (TPSA) is 102 Å². The number of carbonyl (C=O) groups excluding carboxylic acids is 2. The summed E-state index contributed by atoms with van der Waals surface area (Å²) in [5, 5.41) is 2.64. The minimum Gasteiger partial charge on any atom is -0.489 e. The van der Waals surface area contributed by atoms with E-state index in [-0.39, 0.29) is 21.6 Å². The van der Waals surface area contributed by atoms with E-state index in [0.717, 1.165) is 17.2 Å². The van der Waals surface area contributed by atoms with Crippen LogP contribution in [0.3, 0.4) is 0 Å². The maximum absolute atomic E-state index is 13.1. The maximum Gasteiger partial charge on any atom is 0.266 e. The number of amides is 2. The average Bonchev–Trinajstić information content (AvgIpc) is 2.95. The molecule has 0 aliphatic rings. The van der Waals surface area contributed by atoms with Crippen LogP contribution in [0.5, 0.6) is 5.75 Å². The molecule has 0 atom stereocenters. The summed E-state index contributed by atoms with van der Waals surface area (Å²) < 4.78 is 33.9. The van der Waals surface area contributed by atoms with Crippen LogP contribution in [-0.2, 0) is 26.8 Å². The smallest absolute Gasteiger partial charge is 0.266 e. The van der Waals surface area contributed by atoms with Gasteiger partial charge in [-0.2, -0.15) is 0 Å². The molecule has 0 unspecified atom stereocenters. The monoisotopic (exact) mass is 568 g/mol. The molecule has 2 N–H and O–H groups in total. The first-order valence-electron chi connectivity index (χ1n) is 13.0. The third kappa shape index (κ3) is 8.16. The van der Waals surface area contributed by atoms with Gasteiger partial charge in [-0.3, -0.25) is 9.59 Å². The molecule has 0 spiro atoms.